The smallest absolute Gasteiger partial charge is 0.414 e. The second-order valence-electron chi connectivity index (χ2n) is 7.53. The summed E-state index contributed by atoms with van der Waals surface area (Å²) in [4.78, 5) is 40.7. The van der Waals surface area contributed by atoms with Crippen molar-refractivity contribution in [1.29, 1.82) is 0 Å². The molecule has 2 aliphatic rings. The summed E-state index contributed by atoms with van der Waals surface area (Å²) >= 11 is 7.06. The molecule has 3 heterocycles. The molecule has 0 spiro atoms. The molecule has 9 nitrogen and oxygen atoms in total. The van der Waals surface area contributed by atoms with Crippen LogP contribution in [-0.4, -0.2) is 63.5 Å². The highest BCUT2D eigenvalue weighted by molar-refractivity contribution is 7.18. The van der Waals surface area contributed by atoms with E-state index in [9.17, 15) is 14.4 Å². The van der Waals surface area contributed by atoms with Crippen molar-refractivity contribution in [1.82, 2.24) is 5.32 Å². The molecule has 1 atom stereocenters. The number of halogens is 1. The predicted molar refractivity (Wildman–Crippen MR) is 125 cm³/mol. The fourth-order valence-electron chi connectivity index (χ4n) is 3.57. The second-order valence-corrected chi connectivity index (χ2v) is 9.24. The molecule has 11 heteroatoms. The van der Waals surface area contributed by atoms with Gasteiger partial charge in [0.15, 0.2) is 0 Å². The molecule has 1 unspecified atom stereocenters. The molecule has 2 fully saturated rings. The Balaban J connectivity index is 1.46. The Morgan fingerprint density at radius 2 is 2.12 bits per heavy atom. The van der Waals surface area contributed by atoms with Crippen molar-refractivity contribution in [3.63, 3.8) is 0 Å². The van der Waals surface area contributed by atoms with Gasteiger partial charge in [-0.05, 0) is 30.7 Å². The van der Waals surface area contributed by atoms with Gasteiger partial charge in [0.1, 0.15) is 18.5 Å². The summed E-state index contributed by atoms with van der Waals surface area (Å²) < 4.78 is 17.1. The Labute approximate surface area is 200 Å². The maximum Gasteiger partial charge on any atom is 0.414 e. The maximum atomic E-state index is 12.6. The first-order chi connectivity index (χ1) is 16.0. The van der Waals surface area contributed by atoms with Gasteiger partial charge in [0.25, 0.3) is 11.8 Å². The molecule has 2 aromatic rings. The van der Waals surface area contributed by atoms with Gasteiger partial charge in [-0.1, -0.05) is 18.5 Å². The average molecular weight is 494 g/mol. The highest BCUT2D eigenvalue weighted by Gasteiger charge is 2.35. The molecular formula is C22H24ClN3O6S. The largest absolute Gasteiger partial charge is 0.491 e. The van der Waals surface area contributed by atoms with Crippen molar-refractivity contribution in [2.45, 2.75) is 19.4 Å². The molecule has 1 aromatic heterocycles. The summed E-state index contributed by atoms with van der Waals surface area (Å²) in [5, 5.41) is 2.77. The average Bonchev–Trinajstić information content (AvgIpc) is 3.41. The minimum Gasteiger partial charge on any atom is -0.491 e. The first kappa shape index (κ1) is 23.3. The van der Waals surface area contributed by atoms with Crippen LogP contribution in [0.5, 0.6) is 5.75 Å². The van der Waals surface area contributed by atoms with Crippen LogP contribution in [0.15, 0.2) is 30.3 Å². The van der Waals surface area contributed by atoms with E-state index in [1.54, 1.807) is 35.2 Å². The lowest BCUT2D eigenvalue weighted by atomic mass is 10.2. The number of benzene rings is 1. The molecule has 0 aliphatic carbocycles. The lowest BCUT2D eigenvalue weighted by Crippen LogP contribution is -2.41. The van der Waals surface area contributed by atoms with Crippen molar-refractivity contribution < 1.29 is 28.6 Å². The predicted octanol–water partition coefficient (Wildman–Crippen LogP) is 3.31. The monoisotopic (exact) mass is 493 g/mol. The zero-order valence-corrected chi connectivity index (χ0v) is 19.6. The molecule has 0 saturated carbocycles. The number of hydrogen-bond acceptors (Lipinski definition) is 7. The summed E-state index contributed by atoms with van der Waals surface area (Å²) in [5.74, 6) is 0.0928. The van der Waals surface area contributed by atoms with Crippen LogP contribution in [0.4, 0.5) is 16.2 Å². The van der Waals surface area contributed by atoms with E-state index < -0.39 is 12.2 Å². The van der Waals surface area contributed by atoms with Crippen LogP contribution < -0.4 is 19.9 Å². The van der Waals surface area contributed by atoms with Gasteiger partial charge in [-0.25, -0.2) is 4.79 Å². The number of nitrogens with one attached hydrogen (secondary N) is 1. The molecule has 2 saturated heterocycles. The van der Waals surface area contributed by atoms with Crippen LogP contribution in [0.1, 0.15) is 23.0 Å². The zero-order chi connectivity index (χ0) is 23.4. The first-order valence-electron chi connectivity index (χ1n) is 10.6. The number of ether oxygens (including phenoxy) is 3. The lowest BCUT2D eigenvalue weighted by Gasteiger charge is -2.28. The Bertz CT molecular complexity index is 1040. The van der Waals surface area contributed by atoms with E-state index in [2.05, 4.69) is 5.32 Å². The summed E-state index contributed by atoms with van der Waals surface area (Å²) in [5.41, 5.74) is 1.24. The summed E-state index contributed by atoms with van der Waals surface area (Å²) in [6.07, 6.45) is -0.257. The van der Waals surface area contributed by atoms with Gasteiger partial charge in [-0.15, -0.1) is 11.3 Å². The highest BCUT2D eigenvalue weighted by Crippen LogP contribution is 2.36. The number of hydrogen-bond donors (Lipinski definition) is 1. The van der Waals surface area contributed by atoms with E-state index in [4.69, 9.17) is 25.8 Å². The third-order valence-electron chi connectivity index (χ3n) is 5.15. The molecule has 4 rings (SSSR count). The van der Waals surface area contributed by atoms with Crippen molar-refractivity contribution in [3.8, 4) is 5.75 Å². The Kier molecular flexibility index (Phi) is 7.36. The van der Waals surface area contributed by atoms with E-state index in [1.165, 1.54) is 16.2 Å². The number of carbonyl (C=O) groups is 3. The normalized spacial score (nSPS) is 18.4. The molecule has 0 bridgehead atoms. The van der Waals surface area contributed by atoms with Gasteiger partial charge >= 0.3 is 6.09 Å². The van der Waals surface area contributed by atoms with Gasteiger partial charge in [0.05, 0.1) is 41.2 Å². The van der Waals surface area contributed by atoms with Crippen molar-refractivity contribution in [2.75, 3.05) is 49.3 Å². The molecule has 0 radical (unpaired) electrons. The van der Waals surface area contributed by atoms with E-state index >= 15 is 0 Å². The van der Waals surface area contributed by atoms with Gasteiger partial charge in [0, 0.05) is 18.3 Å². The minimum atomic E-state index is -0.523. The summed E-state index contributed by atoms with van der Waals surface area (Å²) in [7, 11) is 0. The lowest BCUT2D eigenvalue weighted by molar-refractivity contribution is -0.125. The fourth-order valence-corrected chi connectivity index (χ4v) is 4.53. The van der Waals surface area contributed by atoms with E-state index in [0.29, 0.717) is 46.1 Å². The summed E-state index contributed by atoms with van der Waals surface area (Å²) in [6, 6.07) is 8.59. The van der Waals surface area contributed by atoms with Crippen molar-refractivity contribution in [3.05, 3.63) is 39.5 Å². The standard InChI is InChI=1S/C22H24ClN3O6S/c1-2-8-31-17-10-14(25-7-9-30-13-20(25)27)3-4-16(17)26-12-15(32-22(26)29)11-24-21(28)18-5-6-19(23)33-18/h3-6,10,15H,2,7-9,11-13H2,1H3,(H,24,28). The van der Waals surface area contributed by atoms with Crippen LogP contribution in [0.3, 0.4) is 0 Å². The van der Waals surface area contributed by atoms with E-state index in [-0.39, 0.29) is 31.5 Å². The van der Waals surface area contributed by atoms with Crippen LogP contribution in [0, 0.1) is 0 Å². The van der Waals surface area contributed by atoms with Gasteiger partial charge in [-0.3, -0.25) is 14.5 Å². The molecule has 2 aliphatic heterocycles. The number of cyclic esters (lactones) is 1. The quantitative estimate of drug-likeness (QED) is 0.606. The van der Waals surface area contributed by atoms with Crippen LogP contribution in [-0.2, 0) is 14.3 Å². The molecule has 1 aromatic carbocycles. The number of nitrogens with zero attached hydrogens (tertiary/aromatic N) is 2. The van der Waals surface area contributed by atoms with E-state index in [1.807, 2.05) is 6.92 Å². The molecule has 176 valence electrons. The van der Waals surface area contributed by atoms with Gasteiger partial charge in [0.2, 0.25) is 0 Å². The zero-order valence-electron chi connectivity index (χ0n) is 18.0. The van der Waals surface area contributed by atoms with Crippen LogP contribution in [0.2, 0.25) is 4.34 Å². The maximum absolute atomic E-state index is 12.6. The Morgan fingerprint density at radius 1 is 1.27 bits per heavy atom. The number of morpholine rings is 1. The Hall–Kier alpha value is -2.82. The topological polar surface area (TPSA) is 97.4 Å². The molecule has 33 heavy (non-hydrogen) atoms. The number of anilines is 2. The van der Waals surface area contributed by atoms with Crippen LogP contribution >= 0.6 is 22.9 Å². The number of rotatable bonds is 8. The minimum absolute atomic E-state index is 0.0381. The van der Waals surface area contributed by atoms with Crippen molar-refractivity contribution in [2.24, 2.45) is 0 Å². The highest BCUT2D eigenvalue weighted by atomic mass is 35.5. The number of thiophene rings is 1. The first-order valence-corrected chi connectivity index (χ1v) is 11.8. The molecular weight excluding hydrogens is 470 g/mol. The second kappa shape index (κ2) is 10.4. The fraction of sp³-hybridized carbons (Fsp3) is 0.409. The van der Waals surface area contributed by atoms with Crippen LogP contribution in [0.25, 0.3) is 0 Å². The number of carbonyl (C=O) groups excluding carboxylic acids is 3. The summed E-state index contributed by atoms with van der Waals surface area (Å²) in [6.45, 7) is 3.82. The Morgan fingerprint density at radius 3 is 2.85 bits per heavy atom. The SMILES string of the molecule is CCCOc1cc(N2CCOCC2=O)ccc1N1CC(CNC(=O)c2ccc(Cl)s2)OC1=O. The third kappa shape index (κ3) is 5.40. The molecule has 1 N–H and O–H groups in total. The third-order valence-corrected chi connectivity index (χ3v) is 6.38. The van der Waals surface area contributed by atoms with Gasteiger partial charge in [-0.2, -0.15) is 0 Å². The molecule has 3 amide bonds. The number of amides is 3. The van der Waals surface area contributed by atoms with Crippen molar-refractivity contribution >= 4 is 52.2 Å². The van der Waals surface area contributed by atoms with Gasteiger partial charge < -0.3 is 24.4 Å². The van der Waals surface area contributed by atoms with E-state index in [0.717, 1.165) is 6.42 Å².